The second-order valence-corrected chi connectivity index (χ2v) is 9.00. The number of sulfonamides is 1. The van der Waals surface area contributed by atoms with Crippen LogP contribution in [-0.4, -0.2) is 52.1 Å². The van der Waals surface area contributed by atoms with E-state index >= 15 is 0 Å². The van der Waals surface area contributed by atoms with E-state index in [1.807, 2.05) is 18.2 Å². The summed E-state index contributed by atoms with van der Waals surface area (Å²) < 4.78 is 47.0. The zero-order valence-corrected chi connectivity index (χ0v) is 16.6. The first-order valence-corrected chi connectivity index (χ1v) is 10.9. The summed E-state index contributed by atoms with van der Waals surface area (Å²) in [7, 11) is -3.56. The number of fused-ring (bicyclic) bond motifs is 1. The molecule has 28 heavy (non-hydrogen) atoms. The number of hydrogen-bond acceptors (Lipinski definition) is 5. The fourth-order valence-electron chi connectivity index (χ4n) is 3.64. The van der Waals surface area contributed by atoms with E-state index < -0.39 is 10.0 Å². The molecule has 2 aliphatic heterocycles. The van der Waals surface area contributed by atoms with Crippen LogP contribution in [0, 0.1) is 5.82 Å². The number of piperazine rings is 1. The molecule has 2 aromatic carbocycles. The van der Waals surface area contributed by atoms with Crippen molar-refractivity contribution >= 4 is 15.7 Å². The first kappa shape index (κ1) is 19.2. The van der Waals surface area contributed by atoms with Crippen molar-refractivity contribution in [1.82, 2.24) is 9.62 Å². The molecule has 1 fully saturated rings. The van der Waals surface area contributed by atoms with Crippen molar-refractivity contribution in [2.75, 3.05) is 37.7 Å². The van der Waals surface area contributed by atoms with Gasteiger partial charge in [0.05, 0.1) is 6.04 Å². The SMILES string of the molecule is C[C@@H]1COc2cc(N3CCN(Cc4ccccc4F)CC3)ccc2S(=O)(=O)N1. The highest BCUT2D eigenvalue weighted by Gasteiger charge is 2.27. The second-order valence-electron chi connectivity index (χ2n) is 7.32. The van der Waals surface area contributed by atoms with Crippen molar-refractivity contribution in [2.45, 2.75) is 24.4 Å². The Hall–Kier alpha value is -2.16. The first-order valence-electron chi connectivity index (χ1n) is 9.42. The van der Waals surface area contributed by atoms with Crippen LogP contribution in [0.4, 0.5) is 10.1 Å². The quantitative estimate of drug-likeness (QED) is 0.848. The van der Waals surface area contributed by atoms with Crippen LogP contribution in [0.5, 0.6) is 5.75 Å². The van der Waals surface area contributed by atoms with Gasteiger partial charge in [0, 0.05) is 50.0 Å². The van der Waals surface area contributed by atoms with Crippen molar-refractivity contribution in [2.24, 2.45) is 0 Å². The number of halogens is 1. The Kier molecular flexibility index (Phi) is 5.27. The van der Waals surface area contributed by atoms with Gasteiger partial charge in [0.1, 0.15) is 23.1 Å². The topological polar surface area (TPSA) is 61.9 Å². The van der Waals surface area contributed by atoms with Crippen LogP contribution in [0.25, 0.3) is 0 Å². The van der Waals surface area contributed by atoms with Crippen LogP contribution in [0.3, 0.4) is 0 Å². The third-order valence-corrected chi connectivity index (χ3v) is 6.78. The third-order valence-electron chi connectivity index (χ3n) is 5.15. The predicted octanol–water partition coefficient (Wildman–Crippen LogP) is 2.21. The number of nitrogens with zero attached hydrogens (tertiary/aromatic N) is 2. The highest BCUT2D eigenvalue weighted by molar-refractivity contribution is 7.89. The van der Waals surface area contributed by atoms with Gasteiger partial charge in [-0.1, -0.05) is 18.2 Å². The summed E-state index contributed by atoms with van der Waals surface area (Å²) >= 11 is 0. The smallest absolute Gasteiger partial charge is 0.244 e. The molecule has 0 aromatic heterocycles. The van der Waals surface area contributed by atoms with Gasteiger partial charge in [-0.15, -0.1) is 0 Å². The molecule has 0 saturated carbocycles. The molecule has 1 atom stereocenters. The molecule has 2 heterocycles. The van der Waals surface area contributed by atoms with Gasteiger partial charge in [-0.2, -0.15) is 0 Å². The van der Waals surface area contributed by atoms with Crippen LogP contribution < -0.4 is 14.4 Å². The molecule has 0 spiro atoms. The third kappa shape index (κ3) is 3.99. The molecule has 1 N–H and O–H groups in total. The molecule has 0 bridgehead atoms. The van der Waals surface area contributed by atoms with Gasteiger partial charge in [-0.25, -0.2) is 17.5 Å². The largest absolute Gasteiger partial charge is 0.490 e. The van der Waals surface area contributed by atoms with E-state index in [1.165, 1.54) is 6.07 Å². The van der Waals surface area contributed by atoms with Crippen molar-refractivity contribution in [3.8, 4) is 5.75 Å². The Morgan fingerprint density at radius 1 is 1.14 bits per heavy atom. The number of rotatable bonds is 3. The lowest BCUT2D eigenvalue weighted by atomic mass is 10.1. The van der Waals surface area contributed by atoms with Crippen LogP contribution in [0.2, 0.25) is 0 Å². The number of ether oxygens (including phenoxy) is 1. The van der Waals surface area contributed by atoms with Crippen molar-refractivity contribution < 1.29 is 17.5 Å². The number of anilines is 1. The second kappa shape index (κ2) is 7.69. The lowest BCUT2D eigenvalue weighted by Crippen LogP contribution is -2.46. The van der Waals surface area contributed by atoms with E-state index in [1.54, 1.807) is 25.1 Å². The molecule has 1 saturated heterocycles. The Bertz CT molecular complexity index is 959. The molecule has 6 nitrogen and oxygen atoms in total. The lowest BCUT2D eigenvalue weighted by Gasteiger charge is -2.36. The van der Waals surface area contributed by atoms with E-state index in [2.05, 4.69) is 14.5 Å². The maximum atomic E-state index is 13.9. The number of hydrogen-bond donors (Lipinski definition) is 1. The summed E-state index contributed by atoms with van der Waals surface area (Å²) in [6, 6.07) is 11.8. The first-order chi connectivity index (χ1) is 13.4. The van der Waals surface area contributed by atoms with Gasteiger partial charge >= 0.3 is 0 Å². The summed E-state index contributed by atoms with van der Waals surface area (Å²) in [5, 5.41) is 0. The van der Waals surface area contributed by atoms with Gasteiger partial charge in [0.25, 0.3) is 0 Å². The van der Waals surface area contributed by atoms with E-state index in [0.717, 1.165) is 31.9 Å². The monoisotopic (exact) mass is 405 g/mol. The standard InChI is InChI=1S/C20H24FN3O3S/c1-15-14-27-19-12-17(6-7-20(19)28(25,26)22-15)24-10-8-23(9-11-24)13-16-4-2-3-5-18(16)21/h2-7,12,15,22H,8-11,13-14H2,1H3/t15-/m1/s1. The summed E-state index contributed by atoms with van der Waals surface area (Å²) in [5.74, 6) is 0.222. The highest BCUT2D eigenvalue weighted by Crippen LogP contribution is 2.31. The Morgan fingerprint density at radius 2 is 1.89 bits per heavy atom. The van der Waals surface area contributed by atoms with Gasteiger partial charge in [0.15, 0.2) is 0 Å². The summed E-state index contributed by atoms with van der Waals surface area (Å²) in [6.07, 6.45) is 0. The molecule has 0 aliphatic carbocycles. The summed E-state index contributed by atoms with van der Waals surface area (Å²) in [4.78, 5) is 4.61. The van der Waals surface area contributed by atoms with E-state index in [9.17, 15) is 12.8 Å². The van der Waals surface area contributed by atoms with Crippen molar-refractivity contribution in [1.29, 1.82) is 0 Å². The molecule has 2 aromatic rings. The molecule has 0 amide bonds. The Morgan fingerprint density at radius 3 is 2.64 bits per heavy atom. The van der Waals surface area contributed by atoms with Crippen LogP contribution in [0.15, 0.2) is 47.4 Å². The maximum absolute atomic E-state index is 13.9. The molecule has 0 unspecified atom stereocenters. The maximum Gasteiger partial charge on any atom is 0.244 e. The van der Waals surface area contributed by atoms with E-state index in [0.29, 0.717) is 24.5 Å². The molecule has 0 radical (unpaired) electrons. The summed E-state index contributed by atoms with van der Waals surface area (Å²) in [5.41, 5.74) is 1.65. The van der Waals surface area contributed by atoms with E-state index in [-0.39, 0.29) is 16.8 Å². The van der Waals surface area contributed by atoms with E-state index in [4.69, 9.17) is 4.74 Å². The fraction of sp³-hybridized carbons (Fsp3) is 0.400. The van der Waals surface area contributed by atoms with Crippen LogP contribution in [0.1, 0.15) is 12.5 Å². The zero-order valence-electron chi connectivity index (χ0n) is 15.8. The minimum Gasteiger partial charge on any atom is -0.490 e. The van der Waals surface area contributed by atoms with Gasteiger partial charge in [0.2, 0.25) is 10.0 Å². The molecule has 4 rings (SSSR count). The van der Waals surface area contributed by atoms with Crippen LogP contribution >= 0.6 is 0 Å². The average molecular weight is 405 g/mol. The number of benzene rings is 2. The molecule has 2 aliphatic rings. The van der Waals surface area contributed by atoms with Gasteiger partial charge in [-0.3, -0.25) is 4.90 Å². The molecular weight excluding hydrogens is 381 g/mol. The Balaban J connectivity index is 1.45. The minimum absolute atomic E-state index is 0.170. The predicted molar refractivity (Wildman–Crippen MR) is 106 cm³/mol. The molecule has 150 valence electrons. The number of nitrogens with one attached hydrogen (secondary N) is 1. The van der Waals surface area contributed by atoms with Gasteiger partial charge in [-0.05, 0) is 25.1 Å². The molecule has 8 heteroatoms. The minimum atomic E-state index is -3.56. The Labute approximate surface area is 165 Å². The highest BCUT2D eigenvalue weighted by atomic mass is 32.2. The summed E-state index contributed by atoms with van der Waals surface area (Å²) in [6.45, 7) is 5.86. The molecular formula is C20H24FN3O3S. The van der Waals surface area contributed by atoms with Gasteiger partial charge < -0.3 is 9.64 Å². The fourth-order valence-corrected chi connectivity index (χ4v) is 4.99. The van der Waals surface area contributed by atoms with Crippen molar-refractivity contribution in [3.05, 3.63) is 53.8 Å². The average Bonchev–Trinajstić information content (AvgIpc) is 2.79. The zero-order chi connectivity index (χ0) is 19.7. The normalized spacial score (nSPS) is 22.2. The lowest BCUT2D eigenvalue weighted by molar-refractivity contribution is 0.246. The van der Waals surface area contributed by atoms with Crippen molar-refractivity contribution in [3.63, 3.8) is 0 Å². The van der Waals surface area contributed by atoms with Crippen LogP contribution in [-0.2, 0) is 16.6 Å².